The number of amides is 3. The van der Waals surface area contributed by atoms with Crippen LogP contribution in [0.2, 0.25) is 0 Å². The number of urea groups is 1. The molecule has 0 aliphatic carbocycles. The third-order valence-corrected chi connectivity index (χ3v) is 5.14. The van der Waals surface area contributed by atoms with Gasteiger partial charge in [-0.05, 0) is 23.1 Å². The summed E-state index contributed by atoms with van der Waals surface area (Å²) in [6.07, 6.45) is 0. The molecule has 1 heterocycles. The summed E-state index contributed by atoms with van der Waals surface area (Å²) >= 11 is 0. The lowest BCUT2D eigenvalue weighted by Gasteiger charge is -2.21. The fourth-order valence-corrected chi connectivity index (χ4v) is 3.45. The number of methoxy groups -OCH3 is 1. The van der Waals surface area contributed by atoms with E-state index in [9.17, 15) is 18.4 Å². The Kier molecular flexibility index (Phi) is 5.96. The van der Waals surface area contributed by atoms with Gasteiger partial charge in [0.25, 0.3) is 0 Å². The Bertz CT molecular complexity index is 932. The largest absolute Gasteiger partial charge is 0.497 e. The van der Waals surface area contributed by atoms with Crippen molar-refractivity contribution in [3.05, 3.63) is 59.2 Å². The van der Waals surface area contributed by atoms with Crippen LogP contribution in [-0.4, -0.2) is 31.6 Å². The molecule has 2 aromatic rings. The summed E-state index contributed by atoms with van der Waals surface area (Å²) in [6.45, 7) is 6.25. The summed E-state index contributed by atoms with van der Waals surface area (Å²) in [5.41, 5.74) is 1.35. The van der Waals surface area contributed by atoms with Gasteiger partial charge in [0.15, 0.2) is 0 Å². The van der Waals surface area contributed by atoms with E-state index >= 15 is 0 Å². The van der Waals surface area contributed by atoms with E-state index < -0.39 is 35.5 Å². The normalized spacial score (nSPS) is 18.7. The SMILES string of the molecule is COc1cc(F)c(C2CNC(=O)C2NC(=O)Nc2ccc(C(C)(C)C)cc2)c(F)c1. The Morgan fingerprint density at radius 1 is 1.13 bits per heavy atom. The summed E-state index contributed by atoms with van der Waals surface area (Å²) in [5.74, 6) is -3.03. The van der Waals surface area contributed by atoms with Crippen molar-refractivity contribution in [3.8, 4) is 5.75 Å². The van der Waals surface area contributed by atoms with Crippen LogP contribution in [-0.2, 0) is 10.2 Å². The summed E-state index contributed by atoms with van der Waals surface area (Å²) in [6, 6.07) is 7.68. The number of hydrogen-bond acceptors (Lipinski definition) is 3. The van der Waals surface area contributed by atoms with E-state index in [-0.39, 0.29) is 23.3 Å². The maximum Gasteiger partial charge on any atom is 0.319 e. The number of anilines is 1. The van der Waals surface area contributed by atoms with Gasteiger partial charge in [-0.2, -0.15) is 0 Å². The lowest BCUT2D eigenvalue weighted by molar-refractivity contribution is -0.120. The molecule has 8 heteroatoms. The Hall–Kier alpha value is -3.16. The summed E-state index contributed by atoms with van der Waals surface area (Å²) in [4.78, 5) is 24.7. The molecule has 3 rings (SSSR count). The Morgan fingerprint density at radius 2 is 1.73 bits per heavy atom. The van der Waals surface area contributed by atoms with Crippen LogP contribution in [0.15, 0.2) is 36.4 Å². The molecular weight excluding hydrogens is 392 g/mol. The van der Waals surface area contributed by atoms with E-state index in [1.165, 1.54) is 7.11 Å². The van der Waals surface area contributed by atoms with Crippen LogP contribution in [0.4, 0.5) is 19.3 Å². The number of carbonyl (C=O) groups excluding carboxylic acids is 2. The van der Waals surface area contributed by atoms with Crippen LogP contribution in [0.25, 0.3) is 0 Å². The molecule has 0 saturated carbocycles. The molecule has 1 fully saturated rings. The molecule has 1 saturated heterocycles. The smallest absolute Gasteiger partial charge is 0.319 e. The molecule has 1 aliphatic heterocycles. The highest BCUT2D eigenvalue weighted by Gasteiger charge is 2.40. The van der Waals surface area contributed by atoms with Crippen LogP contribution in [0.5, 0.6) is 5.75 Å². The zero-order chi connectivity index (χ0) is 22.1. The fraction of sp³-hybridized carbons (Fsp3) is 0.364. The number of ether oxygens (including phenoxy) is 1. The lowest BCUT2D eigenvalue weighted by Crippen LogP contribution is -2.45. The van der Waals surface area contributed by atoms with Gasteiger partial charge in [-0.1, -0.05) is 32.9 Å². The van der Waals surface area contributed by atoms with Crippen molar-refractivity contribution in [2.75, 3.05) is 19.0 Å². The monoisotopic (exact) mass is 417 g/mol. The Balaban J connectivity index is 1.75. The summed E-state index contributed by atoms with van der Waals surface area (Å²) < 4.78 is 33.8. The van der Waals surface area contributed by atoms with Crippen molar-refractivity contribution in [2.45, 2.75) is 38.1 Å². The highest BCUT2D eigenvalue weighted by molar-refractivity contribution is 5.95. The highest BCUT2D eigenvalue weighted by Crippen LogP contribution is 2.31. The van der Waals surface area contributed by atoms with Gasteiger partial charge < -0.3 is 20.7 Å². The second-order valence-electron chi connectivity index (χ2n) is 8.26. The maximum absolute atomic E-state index is 14.5. The van der Waals surface area contributed by atoms with Crippen molar-refractivity contribution in [1.29, 1.82) is 0 Å². The molecule has 0 bridgehead atoms. The predicted octanol–water partition coefficient (Wildman–Crippen LogP) is 3.67. The molecule has 1 aliphatic rings. The molecule has 3 amide bonds. The van der Waals surface area contributed by atoms with Gasteiger partial charge in [0, 0.05) is 35.8 Å². The van der Waals surface area contributed by atoms with Gasteiger partial charge in [0.2, 0.25) is 5.91 Å². The second kappa shape index (κ2) is 8.30. The van der Waals surface area contributed by atoms with Crippen molar-refractivity contribution in [3.63, 3.8) is 0 Å². The van der Waals surface area contributed by atoms with E-state index in [1.807, 2.05) is 12.1 Å². The quantitative estimate of drug-likeness (QED) is 0.710. The number of carbonyl (C=O) groups is 2. The van der Waals surface area contributed by atoms with Crippen LogP contribution in [0.1, 0.15) is 37.8 Å². The number of benzene rings is 2. The second-order valence-corrected chi connectivity index (χ2v) is 8.26. The molecule has 3 N–H and O–H groups in total. The molecule has 0 aromatic heterocycles. The van der Waals surface area contributed by atoms with Gasteiger partial charge in [-0.15, -0.1) is 0 Å². The van der Waals surface area contributed by atoms with E-state index in [0.29, 0.717) is 5.69 Å². The minimum absolute atomic E-state index is 0.00419. The van der Waals surface area contributed by atoms with E-state index in [4.69, 9.17) is 4.74 Å². The van der Waals surface area contributed by atoms with Gasteiger partial charge in [0.1, 0.15) is 23.4 Å². The van der Waals surface area contributed by atoms with E-state index in [0.717, 1.165) is 17.7 Å². The van der Waals surface area contributed by atoms with E-state index in [2.05, 4.69) is 36.7 Å². The van der Waals surface area contributed by atoms with Gasteiger partial charge in [-0.25, -0.2) is 13.6 Å². The molecule has 160 valence electrons. The zero-order valence-electron chi connectivity index (χ0n) is 17.3. The van der Waals surface area contributed by atoms with Crippen molar-refractivity contribution in [1.82, 2.24) is 10.6 Å². The first-order chi connectivity index (χ1) is 14.1. The van der Waals surface area contributed by atoms with Gasteiger partial charge >= 0.3 is 6.03 Å². The molecule has 2 atom stereocenters. The molecule has 0 radical (unpaired) electrons. The molecule has 30 heavy (non-hydrogen) atoms. The first kappa shape index (κ1) is 21.5. The first-order valence-corrected chi connectivity index (χ1v) is 9.59. The Labute approximate surface area is 174 Å². The van der Waals surface area contributed by atoms with Crippen LogP contribution in [0, 0.1) is 11.6 Å². The third-order valence-electron chi connectivity index (χ3n) is 5.14. The van der Waals surface area contributed by atoms with Crippen LogP contribution in [0.3, 0.4) is 0 Å². The van der Waals surface area contributed by atoms with Crippen LogP contribution < -0.4 is 20.7 Å². The van der Waals surface area contributed by atoms with Gasteiger partial charge in [0.05, 0.1) is 7.11 Å². The fourth-order valence-electron chi connectivity index (χ4n) is 3.45. The van der Waals surface area contributed by atoms with Crippen molar-refractivity contribution in [2.24, 2.45) is 0 Å². The molecular formula is C22H25F2N3O3. The number of nitrogens with one attached hydrogen (secondary N) is 3. The zero-order valence-corrected chi connectivity index (χ0v) is 17.3. The topological polar surface area (TPSA) is 79.5 Å². The molecule has 0 spiro atoms. The minimum Gasteiger partial charge on any atom is -0.497 e. The molecule has 2 unspecified atom stereocenters. The average Bonchev–Trinajstić information content (AvgIpc) is 3.01. The van der Waals surface area contributed by atoms with E-state index in [1.54, 1.807) is 12.1 Å². The molecule has 6 nitrogen and oxygen atoms in total. The first-order valence-electron chi connectivity index (χ1n) is 9.59. The third kappa shape index (κ3) is 4.53. The highest BCUT2D eigenvalue weighted by atomic mass is 19.1. The number of rotatable bonds is 4. The Morgan fingerprint density at radius 3 is 2.27 bits per heavy atom. The van der Waals surface area contributed by atoms with Crippen molar-refractivity contribution >= 4 is 17.6 Å². The standard InChI is InChI=1S/C22H25F2N3O3/c1-22(2,3)12-5-7-13(8-6-12)26-21(29)27-19-15(11-25-20(19)28)18-16(23)9-14(30-4)10-17(18)24/h5-10,15,19H,11H2,1-4H3,(H,25,28)(H2,26,27,29). The predicted molar refractivity (Wildman–Crippen MR) is 110 cm³/mol. The molecule has 2 aromatic carbocycles. The number of halogens is 2. The van der Waals surface area contributed by atoms with Gasteiger partial charge in [-0.3, -0.25) is 4.79 Å². The maximum atomic E-state index is 14.5. The number of hydrogen-bond donors (Lipinski definition) is 3. The lowest BCUT2D eigenvalue weighted by atomic mass is 9.87. The van der Waals surface area contributed by atoms with Crippen LogP contribution >= 0.6 is 0 Å². The average molecular weight is 417 g/mol. The van der Waals surface area contributed by atoms with Crippen molar-refractivity contribution < 1.29 is 23.1 Å². The summed E-state index contributed by atoms with van der Waals surface area (Å²) in [7, 11) is 1.30. The minimum atomic E-state index is -1.11. The summed E-state index contributed by atoms with van der Waals surface area (Å²) in [5, 5.41) is 7.73.